The average molecular weight is 253 g/mol. The van der Waals surface area contributed by atoms with Crippen LogP contribution in [0.1, 0.15) is 38.5 Å². The maximum absolute atomic E-state index is 9.02. The summed E-state index contributed by atoms with van der Waals surface area (Å²) >= 11 is 0. The Balaban J connectivity index is 4.25. The van der Waals surface area contributed by atoms with Crippen LogP contribution in [-0.2, 0) is 0 Å². The second-order valence-electron chi connectivity index (χ2n) is 4.35. The number of nitrogens with zero attached hydrogens (tertiary/aromatic N) is 5. The molecule has 3 unspecified atom stereocenters. The van der Waals surface area contributed by atoms with Gasteiger partial charge in [-0.25, -0.2) is 0 Å². The second kappa shape index (κ2) is 10.6. The van der Waals surface area contributed by atoms with Crippen molar-refractivity contribution in [2.24, 2.45) is 17.8 Å². The van der Waals surface area contributed by atoms with Crippen LogP contribution in [0.2, 0.25) is 0 Å². The first kappa shape index (κ1) is 16.4. The molecular weight excluding hydrogens is 238 g/mol. The molecule has 0 aliphatic heterocycles. The number of rotatable bonds is 8. The summed E-state index contributed by atoms with van der Waals surface area (Å²) in [6.45, 7) is 0. The lowest BCUT2D eigenvalue weighted by Gasteiger charge is -2.13. The molecule has 0 saturated carbocycles. The first-order valence-corrected chi connectivity index (χ1v) is 6.14. The van der Waals surface area contributed by atoms with Gasteiger partial charge in [0, 0.05) is 18.3 Å². The Morgan fingerprint density at radius 3 is 1.68 bits per heavy atom. The lowest BCUT2D eigenvalue weighted by Crippen LogP contribution is -2.08. The predicted octanol–water partition coefficient (Wildman–Crippen LogP) is 2.79. The third-order valence-corrected chi connectivity index (χ3v) is 2.92. The summed E-state index contributed by atoms with van der Waals surface area (Å²) in [5.41, 5.74) is 0. The molecule has 19 heavy (non-hydrogen) atoms. The minimum Gasteiger partial charge on any atom is -0.198 e. The summed E-state index contributed by atoms with van der Waals surface area (Å²) in [4.78, 5) is 0. The molecule has 0 N–H and O–H groups in total. The maximum Gasteiger partial charge on any atom is 0.0667 e. The van der Waals surface area contributed by atoms with Crippen LogP contribution >= 0.6 is 0 Å². The quantitative estimate of drug-likeness (QED) is 0.658. The highest BCUT2D eigenvalue weighted by molar-refractivity contribution is 4.96. The van der Waals surface area contributed by atoms with Crippen molar-refractivity contribution in [3.8, 4) is 30.3 Å². The Hall–Kier alpha value is -2.55. The molecule has 0 heterocycles. The molecule has 0 radical (unpaired) electrons. The normalized spacial score (nSPS) is 13.6. The molecule has 0 amide bonds. The highest BCUT2D eigenvalue weighted by atomic mass is 14.3. The standard InChI is InChI=1S/C14H15N5/c15-6-1-2-12(9-17)3-4-13(10-18)8-14(11-19)5-7-16/h12-14H,1-5,8H2. The van der Waals surface area contributed by atoms with Crippen LogP contribution in [0.4, 0.5) is 0 Å². The number of hydrogen-bond acceptors (Lipinski definition) is 5. The van der Waals surface area contributed by atoms with Gasteiger partial charge in [0.1, 0.15) is 0 Å². The van der Waals surface area contributed by atoms with Crippen LogP contribution in [0.5, 0.6) is 0 Å². The molecular formula is C14H15N5. The summed E-state index contributed by atoms with van der Waals surface area (Å²) in [6.07, 6.45) is 2.45. The fraction of sp³-hybridized carbons (Fsp3) is 0.643. The molecule has 5 nitrogen and oxygen atoms in total. The molecule has 5 heteroatoms. The molecule has 0 rings (SSSR count). The number of nitriles is 5. The average Bonchev–Trinajstić information content (AvgIpc) is 2.45. The van der Waals surface area contributed by atoms with E-state index in [4.69, 9.17) is 26.3 Å². The molecule has 0 fully saturated rings. The molecule has 0 aliphatic rings. The first-order chi connectivity index (χ1) is 9.21. The summed E-state index contributed by atoms with van der Waals surface area (Å²) in [7, 11) is 0. The molecule has 0 aromatic rings. The van der Waals surface area contributed by atoms with Crippen molar-refractivity contribution in [1.82, 2.24) is 0 Å². The van der Waals surface area contributed by atoms with Gasteiger partial charge in [0.05, 0.1) is 42.7 Å². The summed E-state index contributed by atoms with van der Waals surface area (Å²) in [5, 5.41) is 43.8. The van der Waals surface area contributed by atoms with Crippen LogP contribution in [0.3, 0.4) is 0 Å². The zero-order chi connectivity index (χ0) is 14.5. The maximum atomic E-state index is 9.02. The Labute approximate surface area is 113 Å². The van der Waals surface area contributed by atoms with Gasteiger partial charge in [-0.1, -0.05) is 0 Å². The van der Waals surface area contributed by atoms with Crippen molar-refractivity contribution in [2.45, 2.75) is 38.5 Å². The van der Waals surface area contributed by atoms with Crippen LogP contribution in [0, 0.1) is 74.4 Å². The van der Waals surface area contributed by atoms with Crippen LogP contribution in [0.25, 0.3) is 0 Å². The van der Waals surface area contributed by atoms with Gasteiger partial charge in [0.15, 0.2) is 0 Å². The van der Waals surface area contributed by atoms with Crippen molar-refractivity contribution in [3.05, 3.63) is 0 Å². The van der Waals surface area contributed by atoms with Crippen LogP contribution in [-0.4, -0.2) is 0 Å². The zero-order valence-corrected chi connectivity index (χ0v) is 10.7. The van der Waals surface area contributed by atoms with Crippen LogP contribution < -0.4 is 0 Å². The van der Waals surface area contributed by atoms with Gasteiger partial charge < -0.3 is 0 Å². The fourth-order valence-corrected chi connectivity index (χ4v) is 1.79. The van der Waals surface area contributed by atoms with Crippen molar-refractivity contribution < 1.29 is 0 Å². The molecule has 96 valence electrons. The van der Waals surface area contributed by atoms with E-state index in [1.54, 1.807) is 0 Å². The van der Waals surface area contributed by atoms with E-state index in [0.29, 0.717) is 32.1 Å². The van der Waals surface area contributed by atoms with Gasteiger partial charge >= 0.3 is 0 Å². The zero-order valence-electron chi connectivity index (χ0n) is 10.7. The van der Waals surface area contributed by atoms with Gasteiger partial charge in [-0.3, -0.25) is 0 Å². The highest BCUT2D eigenvalue weighted by Crippen LogP contribution is 2.22. The number of hydrogen-bond donors (Lipinski definition) is 0. The molecule has 0 aliphatic carbocycles. The molecule has 0 saturated heterocycles. The molecule has 0 spiro atoms. The molecule has 3 atom stereocenters. The van der Waals surface area contributed by atoms with Crippen molar-refractivity contribution in [1.29, 1.82) is 26.3 Å². The Morgan fingerprint density at radius 2 is 1.21 bits per heavy atom. The van der Waals surface area contributed by atoms with E-state index in [9.17, 15) is 0 Å². The third kappa shape index (κ3) is 7.39. The third-order valence-electron chi connectivity index (χ3n) is 2.92. The van der Waals surface area contributed by atoms with E-state index >= 15 is 0 Å². The van der Waals surface area contributed by atoms with Gasteiger partial charge in [0.25, 0.3) is 0 Å². The largest absolute Gasteiger partial charge is 0.198 e. The summed E-state index contributed by atoms with van der Waals surface area (Å²) in [5.74, 6) is -0.947. The van der Waals surface area contributed by atoms with Gasteiger partial charge in [-0.05, 0) is 25.7 Å². The molecule has 0 bridgehead atoms. The van der Waals surface area contributed by atoms with E-state index < -0.39 is 5.92 Å². The molecule has 0 aromatic carbocycles. The van der Waals surface area contributed by atoms with Gasteiger partial charge in [-0.15, -0.1) is 0 Å². The monoisotopic (exact) mass is 253 g/mol. The highest BCUT2D eigenvalue weighted by Gasteiger charge is 2.18. The Morgan fingerprint density at radius 1 is 0.632 bits per heavy atom. The van der Waals surface area contributed by atoms with E-state index in [1.165, 1.54) is 0 Å². The molecule has 0 aromatic heterocycles. The van der Waals surface area contributed by atoms with Crippen molar-refractivity contribution in [2.75, 3.05) is 0 Å². The Bertz CT molecular complexity index is 463. The topological polar surface area (TPSA) is 119 Å². The van der Waals surface area contributed by atoms with Crippen molar-refractivity contribution >= 4 is 0 Å². The summed E-state index contributed by atoms with van der Waals surface area (Å²) < 4.78 is 0. The first-order valence-electron chi connectivity index (χ1n) is 6.14. The SMILES string of the molecule is N#CCCC(C#N)CCC(C#N)CC(C#N)CC#N. The predicted molar refractivity (Wildman–Crippen MR) is 66.2 cm³/mol. The minimum atomic E-state index is -0.422. The van der Waals surface area contributed by atoms with E-state index in [2.05, 4.69) is 12.1 Å². The van der Waals surface area contributed by atoms with Gasteiger partial charge in [0.2, 0.25) is 0 Å². The fourth-order valence-electron chi connectivity index (χ4n) is 1.79. The van der Waals surface area contributed by atoms with E-state index in [0.717, 1.165) is 0 Å². The lowest BCUT2D eigenvalue weighted by atomic mass is 9.88. The van der Waals surface area contributed by atoms with E-state index in [-0.39, 0.29) is 18.3 Å². The van der Waals surface area contributed by atoms with Gasteiger partial charge in [-0.2, -0.15) is 26.3 Å². The van der Waals surface area contributed by atoms with Crippen LogP contribution in [0.15, 0.2) is 0 Å². The summed E-state index contributed by atoms with van der Waals surface area (Å²) in [6, 6.07) is 10.2. The van der Waals surface area contributed by atoms with E-state index in [1.807, 2.05) is 18.2 Å². The lowest BCUT2D eigenvalue weighted by molar-refractivity contribution is 0.428. The Kier molecular flexibility index (Phi) is 9.17. The minimum absolute atomic E-state index is 0.130. The van der Waals surface area contributed by atoms with Crippen molar-refractivity contribution in [3.63, 3.8) is 0 Å². The smallest absolute Gasteiger partial charge is 0.0667 e. The second-order valence-corrected chi connectivity index (χ2v) is 4.35.